The van der Waals surface area contributed by atoms with Gasteiger partial charge >= 0.3 is 0 Å². The van der Waals surface area contributed by atoms with Crippen LogP contribution in [0.1, 0.15) is 46.5 Å². The van der Waals surface area contributed by atoms with Crippen molar-refractivity contribution in [2.75, 3.05) is 34.4 Å². The number of carbonyl (C=O) groups excluding carboxylic acids is 1. The third kappa shape index (κ3) is 3.57. The summed E-state index contributed by atoms with van der Waals surface area (Å²) in [5.74, 6) is -0.00636. The molecule has 0 saturated carbocycles. The van der Waals surface area contributed by atoms with E-state index in [2.05, 4.69) is 6.07 Å². The molecule has 0 bridgehead atoms. The average Bonchev–Trinajstić information content (AvgIpc) is 3.17. The van der Waals surface area contributed by atoms with E-state index in [4.69, 9.17) is 9.47 Å². The highest BCUT2D eigenvalue weighted by molar-refractivity contribution is 7.89. The predicted octanol–water partition coefficient (Wildman–Crippen LogP) is 3.32. The minimum absolute atomic E-state index is 0.0476. The zero-order chi connectivity index (χ0) is 24.1. The molecule has 0 spiro atoms. The largest absolute Gasteiger partial charge is 0.490 e. The molecule has 0 aromatic heterocycles. The zero-order valence-electron chi connectivity index (χ0n) is 19.4. The van der Waals surface area contributed by atoms with Crippen molar-refractivity contribution in [3.8, 4) is 11.8 Å². The van der Waals surface area contributed by atoms with Crippen LogP contribution in [0.15, 0.2) is 40.8 Å². The third-order valence-electron chi connectivity index (χ3n) is 6.46. The first-order valence-corrected chi connectivity index (χ1v) is 12.0. The molecule has 0 atom stereocenters. The fourth-order valence-corrected chi connectivity index (χ4v) is 5.63. The molecule has 7 nitrogen and oxygen atoms in total. The Morgan fingerprint density at radius 1 is 1.12 bits per heavy atom. The maximum Gasteiger partial charge on any atom is 0.246 e. The molecule has 8 heteroatoms. The van der Waals surface area contributed by atoms with E-state index in [1.165, 1.54) is 20.2 Å². The van der Waals surface area contributed by atoms with Crippen LogP contribution in [0.25, 0.3) is 5.57 Å². The molecule has 33 heavy (non-hydrogen) atoms. The van der Waals surface area contributed by atoms with Gasteiger partial charge in [-0.2, -0.15) is 5.26 Å². The molecule has 2 aromatic rings. The van der Waals surface area contributed by atoms with Crippen molar-refractivity contribution in [1.82, 2.24) is 4.31 Å². The number of benzene rings is 2. The van der Waals surface area contributed by atoms with Crippen LogP contribution in [0.5, 0.6) is 5.75 Å². The van der Waals surface area contributed by atoms with Gasteiger partial charge in [0.25, 0.3) is 0 Å². The van der Waals surface area contributed by atoms with E-state index in [9.17, 15) is 18.5 Å². The van der Waals surface area contributed by atoms with Gasteiger partial charge in [-0.1, -0.05) is 19.9 Å². The number of carbonyl (C=O) groups is 1. The smallest absolute Gasteiger partial charge is 0.246 e. The maximum atomic E-state index is 13.7. The summed E-state index contributed by atoms with van der Waals surface area (Å²) < 4.78 is 38.2. The number of rotatable bonds is 6. The fourth-order valence-electron chi connectivity index (χ4n) is 4.60. The molecular formula is C25H26N2O5S. The van der Waals surface area contributed by atoms with Crippen molar-refractivity contribution in [3.63, 3.8) is 0 Å². The van der Waals surface area contributed by atoms with Gasteiger partial charge in [0.2, 0.25) is 10.0 Å². The van der Waals surface area contributed by atoms with Gasteiger partial charge in [0.1, 0.15) is 17.3 Å². The summed E-state index contributed by atoms with van der Waals surface area (Å²) >= 11 is 0. The van der Waals surface area contributed by atoms with Crippen LogP contribution in [-0.4, -0.2) is 52.9 Å². The van der Waals surface area contributed by atoms with Crippen molar-refractivity contribution in [2.45, 2.75) is 30.6 Å². The first-order valence-electron chi connectivity index (χ1n) is 10.6. The van der Waals surface area contributed by atoms with E-state index in [0.717, 1.165) is 26.6 Å². The van der Waals surface area contributed by atoms with Crippen LogP contribution >= 0.6 is 0 Å². The summed E-state index contributed by atoms with van der Waals surface area (Å²) in [6.45, 7) is 4.54. The molecule has 2 aromatic carbocycles. The molecule has 0 amide bonds. The molecule has 2 aliphatic rings. The molecule has 4 rings (SSSR count). The third-order valence-corrected chi connectivity index (χ3v) is 8.30. The summed E-state index contributed by atoms with van der Waals surface area (Å²) in [5, 5.41) is 9.28. The van der Waals surface area contributed by atoms with Gasteiger partial charge in [0.05, 0.1) is 18.2 Å². The molecule has 0 radical (unpaired) electrons. The standard InChI is InChI=1S/C25H26N2O5S/c1-25(2)19-13-21(32-9-8-31-5)22(33(29,30)27(3)4)12-18(19)24(28)23-17-7-6-15(14-26)10-16(17)11-20(23)25/h6-7,10,12-13H,8-9,11H2,1-5H3. The van der Waals surface area contributed by atoms with Crippen LogP contribution in [-0.2, 0) is 26.6 Å². The molecule has 0 aliphatic heterocycles. The van der Waals surface area contributed by atoms with Crippen molar-refractivity contribution < 1.29 is 22.7 Å². The van der Waals surface area contributed by atoms with Crippen LogP contribution in [0.3, 0.4) is 0 Å². The van der Waals surface area contributed by atoms with E-state index < -0.39 is 15.4 Å². The Morgan fingerprint density at radius 3 is 2.48 bits per heavy atom. The number of ether oxygens (including phenoxy) is 2. The van der Waals surface area contributed by atoms with Gasteiger partial charge in [-0.3, -0.25) is 4.79 Å². The summed E-state index contributed by atoms with van der Waals surface area (Å²) in [5.41, 5.74) is 4.41. The lowest BCUT2D eigenvalue weighted by Crippen LogP contribution is -2.31. The van der Waals surface area contributed by atoms with E-state index in [0.29, 0.717) is 29.7 Å². The minimum Gasteiger partial charge on any atom is -0.490 e. The molecular weight excluding hydrogens is 440 g/mol. The van der Waals surface area contributed by atoms with Crippen molar-refractivity contribution in [2.24, 2.45) is 0 Å². The number of nitrogens with zero attached hydrogens (tertiary/aromatic N) is 2. The van der Waals surface area contributed by atoms with E-state index in [1.807, 2.05) is 26.0 Å². The van der Waals surface area contributed by atoms with Gasteiger partial charge in [-0.05, 0) is 52.9 Å². The van der Waals surface area contributed by atoms with Crippen LogP contribution in [0.4, 0.5) is 0 Å². The summed E-state index contributed by atoms with van der Waals surface area (Å²) in [6.07, 6.45) is 0.565. The topological polar surface area (TPSA) is 96.7 Å². The van der Waals surface area contributed by atoms with Crippen molar-refractivity contribution in [1.29, 1.82) is 5.26 Å². The Labute approximate surface area is 194 Å². The number of fused-ring (bicyclic) bond motifs is 3. The van der Waals surface area contributed by atoms with Crippen LogP contribution in [0.2, 0.25) is 0 Å². The van der Waals surface area contributed by atoms with Crippen molar-refractivity contribution >= 4 is 21.4 Å². The van der Waals surface area contributed by atoms with Gasteiger partial charge in [0.15, 0.2) is 5.78 Å². The second-order valence-electron chi connectivity index (χ2n) is 8.94. The monoisotopic (exact) mass is 466 g/mol. The molecule has 0 fully saturated rings. The lowest BCUT2D eigenvalue weighted by molar-refractivity contribution is 0.105. The Bertz CT molecular complexity index is 1350. The number of sulfonamides is 1. The summed E-state index contributed by atoms with van der Waals surface area (Å²) in [7, 11) is 0.562. The molecule has 0 N–H and O–H groups in total. The Morgan fingerprint density at radius 2 is 1.85 bits per heavy atom. The maximum absolute atomic E-state index is 13.7. The van der Waals surface area contributed by atoms with Crippen LogP contribution < -0.4 is 4.74 Å². The quantitative estimate of drug-likeness (QED) is 0.606. The first-order chi connectivity index (χ1) is 15.5. The van der Waals surface area contributed by atoms with Gasteiger partial charge in [-0.25, -0.2) is 12.7 Å². The van der Waals surface area contributed by atoms with E-state index in [1.54, 1.807) is 19.2 Å². The lowest BCUT2D eigenvalue weighted by atomic mass is 9.68. The molecule has 0 saturated heterocycles. The summed E-state index contributed by atoms with van der Waals surface area (Å²) in [6, 6.07) is 10.6. The number of nitriles is 1. The van der Waals surface area contributed by atoms with Crippen LogP contribution in [0, 0.1) is 11.3 Å². The fraction of sp³-hybridized carbons (Fsp3) is 0.360. The SMILES string of the molecule is COCCOc1cc2c(cc1S(=O)(=O)N(C)C)C(=O)C1=C(Cc3cc(C#N)ccc31)C2(C)C. The summed E-state index contributed by atoms with van der Waals surface area (Å²) in [4.78, 5) is 13.7. The predicted molar refractivity (Wildman–Crippen MR) is 124 cm³/mol. The number of Topliss-reactive ketones (excluding diaryl/α,β-unsaturated/α-hetero) is 1. The van der Waals surface area contributed by atoms with Gasteiger partial charge in [0, 0.05) is 37.8 Å². The number of ketones is 1. The number of methoxy groups -OCH3 is 1. The molecule has 0 heterocycles. The average molecular weight is 467 g/mol. The lowest BCUT2D eigenvalue weighted by Gasteiger charge is -2.35. The highest BCUT2D eigenvalue weighted by Crippen LogP contribution is 2.51. The Balaban J connectivity index is 1.92. The highest BCUT2D eigenvalue weighted by atomic mass is 32.2. The minimum atomic E-state index is -3.87. The second-order valence-corrected chi connectivity index (χ2v) is 11.1. The van der Waals surface area contributed by atoms with E-state index in [-0.39, 0.29) is 23.0 Å². The highest BCUT2D eigenvalue weighted by Gasteiger charge is 2.44. The Hall–Kier alpha value is -2.99. The molecule has 0 unspecified atom stereocenters. The second kappa shape index (κ2) is 8.10. The van der Waals surface area contributed by atoms with Gasteiger partial charge in [-0.15, -0.1) is 0 Å². The van der Waals surface area contributed by atoms with Gasteiger partial charge < -0.3 is 9.47 Å². The number of allylic oxidation sites excluding steroid dienone is 2. The molecule has 2 aliphatic carbocycles. The number of hydrogen-bond donors (Lipinski definition) is 0. The zero-order valence-corrected chi connectivity index (χ0v) is 20.2. The number of hydrogen-bond acceptors (Lipinski definition) is 6. The molecule has 172 valence electrons. The Kier molecular flexibility index (Phi) is 5.69. The van der Waals surface area contributed by atoms with E-state index >= 15 is 0 Å². The first kappa shape index (κ1) is 23.2. The van der Waals surface area contributed by atoms with Crippen molar-refractivity contribution in [3.05, 3.63) is 63.7 Å². The normalized spacial score (nSPS) is 16.3.